The highest BCUT2D eigenvalue weighted by Gasteiger charge is 2.07. The van der Waals surface area contributed by atoms with Crippen LogP contribution in [0.4, 0.5) is 0 Å². The van der Waals surface area contributed by atoms with E-state index in [2.05, 4.69) is 20.6 Å². The SMILES string of the molecule is CO/N=C/c1ccc(C(=O)NCCNC(=O)C(C)C)cc1. The van der Waals surface area contributed by atoms with Crippen LogP contribution in [0, 0.1) is 5.92 Å². The Labute approximate surface area is 124 Å². The summed E-state index contributed by atoms with van der Waals surface area (Å²) in [5.41, 5.74) is 1.40. The number of carbonyl (C=O) groups excluding carboxylic acids is 2. The molecular formula is C15H21N3O3. The highest BCUT2D eigenvalue weighted by atomic mass is 16.6. The van der Waals surface area contributed by atoms with Gasteiger partial charge in [0, 0.05) is 24.6 Å². The average molecular weight is 291 g/mol. The van der Waals surface area contributed by atoms with Crippen molar-refractivity contribution < 1.29 is 14.4 Å². The van der Waals surface area contributed by atoms with Crippen LogP contribution in [-0.4, -0.2) is 38.2 Å². The molecular weight excluding hydrogens is 270 g/mol. The first-order valence-corrected chi connectivity index (χ1v) is 6.77. The topological polar surface area (TPSA) is 79.8 Å². The molecule has 2 amide bonds. The van der Waals surface area contributed by atoms with Gasteiger partial charge in [0.15, 0.2) is 0 Å². The summed E-state index contributed by atoms with van der Waals surface area (Å²) < 4.78 is 0. The van der Waals surface area contributed by atoms with Crippen molar-refractivity contribution in [3.05, 3.63) is 35.4 Å². The molecule has 0 fully saturated rings. The summed E-state index contributed by atoms with van der Waals surface area (Å²) in [6.45, 7) is 4.45. The van der Waals surface area contributed by atoms with Gasteiger partial charge < -0.3 is 15.5 Å². The Morgan fingerprint density at radius 3 is 2.38 bits per heavy atom. The van der Waals surface area contributed by atoms with Crippen LogP contribution < -0.4 is 10.6 Å². The van der Waals surface area contributed by atoms with Gasteiger partial charge in [-0.2, -0.15) is 0 Å². The van der Waals surface area contributed by atoms with E-state index in [-0.39, 0.29) is 17.7 Å². The molecule has 0 heterocycles. The smallest absolute Gasteiger partial charge is 0.251 e. The summed E-state index contributed by atoms with van der Waals surface area (Å²) in [5, 5.41) is 9.12. The molecule has 0 radical (unpaired) electrons. The third kappa shape index (κ3) is 6.07. The van der Waals surface area contributed by atoms with E-state index in [1.54, 1.807) is 30.5 Å². The lowest BCUT2D eigenvalue weighted by molar-refractivity contribution is -0.123. The quantitative estimate of drug-likeness (QED) is 0.449. The minimum atomic E-state index is -0.177. The zero-order valence-corrected chi connectivity index (χ0v) is 12.6. The lowest BCUT2D eigenvalue weighted by Gasteiger charge is -2.08. The van der Waals surface area contributed by atoms with Crippen LogP contribution in [0.5, 0.6) is 0 Å². The molecule has 2 N–H and O–H groups in total. The second-order valence-corrected chi connectivity index (χ2v) is 4.74. The van der Waals surface area contributed by atoms with Gasteiger partial charge in [-0.1, -0.05) is 31.1 Å². The molecule has 0 spiro atoms. The lowest BCUT2D eigenvalue weighted by atomic mass is 10.1. The summed E-state index contributed by atoms with van der Waals surface area (Å²) in [5.74, 6) is -0.253. The van der Waals surface area contributed by atoms with Gasteiger partial charge in [-0.3, -0.25) is 9.59 Å². The molecule has 0 bridgehead atoms. The summed E-state index contributed by atoms with van der Waals surface area (Å²) in [4.78, 5) is 27.8. The Bertz CT molecular complexity index is 495. The van der Waals surface area contributed by atoms with Gasteiger partial charge in [-0.15, -0.1) is 0 Å². The second-order valence-electron chi connectivity index (χ2n) is 4.74. The number of amides is 2. The maximum absolute atomic E-state index is 11.9. The van der Waals surface area contributed by atoms with Crippen LogP contribution in [0.1, 0.15) is 29.8 Å². The van der Waals surface area contributed by atoms with Gasteiger partial charge >= 0.3 is 0 Å². The third-order valence-electron chi connectivity index (χ3n) is 2.71. The van der Waals surface area contributed by atoms with Gasteiger partial charge in [-0.25, -0.2) is 0 Å². The number of carbonyl (C=O) groups is 2. The van der Waals surface area contributed by atoms with Crippen LogP contribution in [0.25, 0.3) is 0 Å². The summed E-state index contributed by atoms with van der Waals surface area (Å²) >= 11 is 0. The number of nitrogens with zero attached hydrogens (tertiary/aromatic N) is 1. The van der Waals surface area contributed by atoms with Gasteiger partial charge in [0.05, 0.1) is 6.21 Å². The third-order valence-corrected chi connectivity index (χ3v) is 2.71. The molecule has 21 heavy (non-hydrogen) atoms. The standard InChI is InChI=1S/C15H21N3O3/c1-11(2)14(19)16-8-9-17-15(20)13-6-4-12(5-7-13)10-18-21-3/h4-7,10-11H,8-9H2,1-3H3,(H,16,19)(H,17,20)/b18-10+. The fourth-order valence-electron chi connectivity index (χ4n) is 1.50. The van der Waals surface area contributed by atoms with Crippen molar-refractivity contribution in [2.75, 3.05) is 20.2 Å². The zero-order chi connectivity index (χ0) is 15.7. The highest BCUT2D eigenvalue weighted by Crippen LogP contribution is 2.02. The first kappa shape index (κ1) is 16.7. The van der Waals surface area contributed by atoms with E-state index in [4.69, 9.17) is 0 Å². The van der Waals surface area contributed by atoms with Crippen LogP contribution in [0.3, 0.4) is 0 Å². The lowest BCUT2D eigenvalue weighted by Crippen LogP contribution is -2.36. The summed E-state index contributed by atoms with van der Waals surface area (Å²) in [6, 6.07) is 6.97. The number of hydrogen-bond donors (Lipinski definition) is 2. The molecule has 0 aliphatic carbocycles. The van der Waals surface area contributed by atoms with Crippen LogP contribution in [-0.2, 0) is 9.63 Å². The number of hydrogen-bond acceptors (Lipinski definition) is 4. The second kappa shape index (κ2) is 8.73. The summed E-state index contributed by atoms with van der Waals surface area (Å²) in [7, 11) is 1.47. The van der Waals surface area contributed by atoms with Crippen molar-refractivity contribution in [3.63, 3.8) is 0 Å². The van der Waals surface area contributed by atoms with E-state index in [0.717, 1.165) is 5.56 Å². The van der Waals surface area contributed by atoms with Crippen molar-refractivity contribution in [1.29, 1.82) is 0 Å². The first-order chi connectivity index (χ1) is 10.0. The van der Waals surface area contributed by atoms with Crippen molar-refractivity contribution in [1.82, 2.24) is 10.6 Å². The van der Waals surface area contributed by atoms with Gasteiger partial charge in [0.1, 0.15) is 7.11 Å². The monoisotopic (exact) mass is 291 g/mol. The molecule has 0 saturated carbocycles. The molecule has 0 aliphatic heterocycles. The van der Waals surface area contributed by atoms with Gasteiger partial charge in [0.25, 0.3) is 5.91 Å². The fraction of sp³-hybridized carbons (Fsp3) is 0.400. The van der Waals surface area contributed by atoms with E-state index >= 15 is 0 Å². The highest BCUT2D eigenvalue weighted by molar-refractivity contribution is 5.95. The van der Waals surface area contributed by atoms with Crippen molar-refractivity contribution in [3.8, 4) is 0 Å². The maximum Gasteiger partial charge on any atom is 0.251 e. The molecule has 0 saturated heterocycles. The number of oxime groups is 1. The molecule has 6 nitrogen and oxygen atoms in total. The van der Waals surface area contributed by atoms with Crippen molar-refractivity contribution >= 4 is 18.0 Å². The minimum Gasteiger partial charge on any atom is -0.399 e. The average Bonchev–Trinajstić information content (AvgIpc) is 2.49. The molecule has 1 rings (SSSR count). The van der Waals surface area contributed by atoms with Gasteiger partial charge in [0.2, 0.25) is 5.91 Å². The molecule has 114 valence electrons. The Morgan fingerprint density at radius 1 is 1.19 bits per heavy atom. The van der Waals surface area contributed by atoms with E-state index in [1.165, 1.54) is 7.11 Å². The Hall–Kier alpha value is -2.37. The van der Waals surface area contributed by atoms with E-state index in [1.807, 2.05) is 13.8 Å². The molecule has 0 aromatic heterocycles. The van der Waals surface area contributed by atoms with E-state index < -0.39 is 0 Å². The largest absolute Gasteiger partial charge is 0.399 e. The van der Waals surface area contributed by atoms with E-state index in [9.17, 15) is 9.59 Å². The minimum absolute atomic E-state index is 0.0222. The zero-order valence-electron chi connectivity index (χ0n) is 12.6. The Kier molecular flexibility index (Phi) is 6.94. The molecule has 6 heteroatoms. The van der Waals surface area contributed by atoms with Gasteiger partial charge in [-0.05, 0) is 17.7 Å². The predicted octanol–water partition coefficient (Wildman–Crippen LogP) is 1.17. The number of nitrogens with one attached hydrogen (secondary N) is 2. The Balaban J connectivity index is 2.38. The summed E-state index contributed by atoms with van der Waals surface area (Å²) in [6.07, 6.45) is 1.56. The van der Waals surface area contributed by atoms with Crippen LogP contribution in [0.15, 0.2) is 29.4 Å². The van der Waals surface area contributed by atoms with Crippen molar-refractivity contribution in [2.45, 2.75) is 13.8 Å². The van der Waals surface area contributed by atoms with Crippen LogP contribution in [0.2, 0.25) is 0 Å². The number of benzene rings is 1. The molecule has 1 aromatic rings. The molecule has 1 aromatic carbocycles. The van der Waals surface area contributed by atoms with Crippen molar-refractivity contribution in [2.24, 2.45) is 11.1 Å². The molecule has 0 atom stereocenters. The van der Waals surface area contributed by atoms with Crippen LogP contribution >= 0.6 is 0 Å². The fourth-order valence-corrected chi connectivity index (χ4v) is 1.50. The first-order valence-electron chi connectivity index (χ1n) is 6.77. The van der Waals surface area contributed by atoms with E-state index in [0.29, 0.717) is 18.7 Å². The molecule has 0 unspecified atom stereocenters. The number of rotatable bonds is 7. The normalized spacial score (nSPS) is 10.7. The predicted molar refractivity (Wildman–Crippen MR) is 81.2 cm³/mol. The molecule has 0 aliphatic rings. The Morgan fingerprint density at radius 2 is 1.81 bits per heavy atom. The maximum atomic E-state index is 11.9.